The van der Waals surface area contributed by atoms with Gasteiger partial charge in [0, 0.05) is 19.1 Å². The topological polar surface area (TPSA) is 58.2 Å². The van der Waals surface area contributed by atoms with E-state index in [1.807, 2.05) is 32.9 Å². The highest BCUT2D eigenvalue weighted by Gasteiger charge is 2.22. The van der Waals surface area contributed by atoms with Crippen LogP contribution in [-0.2, 0) is 16.6 Å². The molecule has 1 fully saturated rings. The maximum atomic E-state index is 12.4. The molecule has 0 radical (unpaired) electrons. The molecule has 0 aromatic heterocycles. The minimum Gasteiger partial charge on any atom is -0.310 e. The van der Waals surface area contributed by atoms with Crippen molar-refractivity contribution in [2.24, 2.45) is 0 Å². The van der Waals surface area contributed by atoms with Gasteiger partial charge in [-0.2, -0.15) is 0 Å². The summed E-state index contributed by atoms with van der Waals surface area (Å²) in [4.78, 5) is 0.414. The highest BCUT2D eigenvalue weighted by Crippen LogP contribution is 2.23. The van der Waals surface area contributed by atoms with Gasteiger partial charge in [0.15, 0.2) is 0 Å². The third-order valence-electron chi connectivity index (χ3n) is 3.90. The lowest BCUT2D eigenvalue weighted by Crippen LogP contribution is -2.26. The number of aryl methyl sites for hydroxylation is 2. The van der Waals surface area contributed by atoms with Crippen molar-refractivity contribution >= 4 is 10.0 Å². The third-order valence-corrected chi connectivity index (χ3v) is 5.51. The summed E-state index contributed by atoms with van der Waals surface area (Å²) in [7, 11) is -3.40. The average Bonchev–Trinajstić information content (AvgIpc) is 3.21. The van der Waals surface area contributed by atoms with Gasteiger partial charge in [-0.25, -0.2) is 13.1 Å². The van der Waals surface area contributed by atoms with Crippen molar-refractivity contribution in [1.82, 2.24) is 10.0 Å². The van der Waals surface area contributed by atoms with Crippen LogP contribution in [0.5, 0.6) is 0 Å². The number of nitrogens with one attached hydrogen (secondary N) is 2. The molecule has 0 unspecified atom stereocenters. The molecule has 4 nitrogen and oxygen atoms in total. The SMILES string of the molecule is CCCCNS(=O)(=O)c1cc(CNC2CC2)c(C)cc1C. The van der Waals surface area contributed by atoms with Crippen LogP contribution in [0, 0.1) is 13.8 Å². The maximum absolute atomic E-state index is 12.4. The molecule has 0 aliphatic heterocycles. The Morgan fingerprint density at radius 3 is 2.52 bits per heavy atom. The van der Waals surface area contributed by atoms with Crippen LogP contribution in [0.2, 0.25) is 0 Å². The van der Waals surface area contributed by atoms with Gasteiger partial charge in [0.1, 0.15) is 0 Å². The van der Waals surface area contributed by atoms with Gasteiger partial charge >= 0.3 is 0 Å². The molecule has 1 aliphatic carbocycles. The van der Waals surface area contributed by atoms with Crippen LogP contribution in [0.25, 0.3) is 0 Å². The van der Waals surface area contributed by atoms with Crippen molar-refractivity contribution in [2.75, 3.05) is 6.54 Å². The van der Waals surface area contributed by atoms with Gasteiger partial charge in [0.05, 0.1) is 4.90 Å². The summed E-state index contributed by atoms with van der Waals surface area (Å²) in [6.07, 6.45) is 4.30. The molecule has 118 valence electrons. The van der Waals surface area contributed by atoms with Gasteiger partial charge in [-0.05, 0) is 55.9 Å². The second-order valence-corrected chi connectivity index (χ2v) is 7.69. The van der Waals surface area contributed by atoms with Crippen LogP contribution in [-0.4, -0.2) is 21.0 Å². The molecule has 0 bridgehead atoms. The summed E-state index contributed by atoms with van der Waals surface area (Å²) < 4.78 is 27.5. The van der Waals surface area contributed by atoms with Crippen LogP contribution in [0.4, 0.5) is 0 Å². The molecule has 2 N–H and O–H groups in total. The van der Waals surface area contributed by atoms with E-state index in [2.05, 4.69) is 10.0 Å². The number of hydrogen-bond acceptors (Lipinski definition) is 3. The Kier molecular flexibility index (Phi) is 5.41. The molecule has 0 spiro atoms. The number of sulfonamides is 1. The van der Waals surface area contributed by atoms with Gasteiger partial charge < -0.3 is 5.32 Å². The molecule has 0 heterocycles. The molecule has 0 saturated heterocycles. The van der Waals surface area contributed by atoms with Crippen molar-refractivity contribution in [3.63, 3.8) is 0 Å². The number of rotatable bonds is 8. The zero-order chi connectivity index (χ0) is 15.5. The lowest BCUT2D eigenvalue weighted by molar-refractivity contribution is 0.577. The Hall–Kier alpha value is -0.910. The minimum atomic E-state index is -3.40. The molecule has 1 aromatic rings. The highest BCUT2D eigenvalue weighted by molar-refractivity contribution is 7.89. The zero-order valence-electron chi connectivity index (χ0n) is 13.2. The fraction of sp³-hybridized carbons (Fsp3) is 0.625. The molecule has 1 saturated carbocycles. The highest BCUT2D eigenvalue weighted by atomic mass is 32.2. The van der Waals surface area contributed by atoms with Gasteiger partial charge in [-0.15, -0.1) is 0 Å². The van der Waals surface area contributed by atoms with Crippen molar-refractivity contribution in [1.29, 1.82) is 0 Å². The van der Waals surface area contributed by atoms with E-state index in [1.54, 1.807) is 0 Å². The average molecular weight is 310 g/mol. The number of benzene rings is 1. The number of unbranched alkanes of at least 4 members (excludes halogenated alkanes) is 1. The summed E-state index contributed by atoms with van der Waals surface area (Å²) in [6.45, 7) is 7.19. The van der Waals surface area contributed by atoms with Gasteiger partial charge in [-0.3, -0.25) is 0 Å². The second-order valence-electron chi connectivity index (χ2n) is 5.95. The Balaban J connectivity index is 2.18. The largest absolute Gasteiger partial charge is 0.310 e. The Morgan fingerprint density at radius 1 is 1.19 bits per heavy atom. The monoisotopic (exact) mass is 310 g/mol. The predicted molar refractivity (Wildman–Crippen MR) is 85.9 cm³/mol. The summed E-state index contributed by atoms with van der Waals surface area (Å²) >= 11 is 0. The minimum absolute atomic E-state index is 0.414. The van der Waals surface area contributed by atoms with Crippen LogP contribution in [0.15, 0.2) is 17.0 Å². The molecule has 21 heavy (non-hydrogen) atoms. The lowest BCUT2D eigenvalue weighted by Gasteiger charge is -2.14. The van der Waals surface area contributed by atoms with Crippen molar-refractivity contribution in [2.45, 2.75) is 63.9 Å². The van der Waals surface area contributed by atoms with E-state index < -0.39 is 10.0 Å². The van der Waals surface area contributed by atoms with Crippen molar-refractivity contribution < 1.29 is 8.42 Å². The van der Waals surface area contributed by atoms with Crippen molar-refractivity contribution in [3.8, 4) is 0 Å². The standard InChI is InChI=1S/C16H26N2O2S/c1-4-5-8-18-21(19,20)16-10-14(11-17-15-6-7-15)12(2)9-13(16)3/h9-10,15,17-18H,4-8,11H2,1-3H3. The molecule has 5 heteroatoms. The smallest absolute Gasteiger partial charge is 0.240 e. The Morgan fingerprint density at radius 2 is 1.90 bits per heavy atom. The Labute approximate surface area is 128 Å². The first-order valence-electron chi connectivity index (χ1n) is 7.77. The van der Waals surface area contributed by atoms with Gasteiger partial charge in [0.2, 0.25) is 10.0 Å². The maximum Gasteiger partial charge on any atom is 0.240 e. The molecular formula is C16H26N2O2S. The lowest BCUT2D eigenvalue weighted by atomic mass is 10.1. The summed E-state index contributed by atoms with van der Waals surface area (Å²) in [5.41, 5.74) is 3.03. The van der Waals surface area contributed by atoms with E-state index in [-0.39, 0.29) is 0 Å². The van der Waals surface area contributed by atoms with E-state index >= 15 is 0 Å². The molecule has 0 amide bonds. The predicted octanol–water partition coefficient (Wildman–Crippen LogP) is 2.63. The zero-order valence-corrected chi connectivity index (χ0v) is 14.0. The van der Waals surface area contributed by atoms with Crippen molar-refractivity contribution in [3.05, 3.63) is 28.8 Å². The Bertz CT molecular complexity index is 593. The first kappa shape index (κ1) is 16.5. The van der Waals surface area contributed by atoms with Crippen LogP contribution in [0.1, 0.15) is 49.3 Å². The van der Waals surface area contributed by atoms with Crippen LogP contribution < -0.4 is 10.0 Å². The normalized spacial score (nSPS) is 15.4. The van der Waals surface area contributed by atoms with E-state index in [1.165, 1.54) is 12.8 Å². The van der Waals surface area contributed by atoms with Gasteiger partial charge in [0.25, 0.3) is 0 Å². The molecule has 2 rings (SSSR count). The second kappa shape index (κ2) is 6.90. The first-order chi connectivity index (χ1) is 9.94. The third kappa shape index (κ3) is 4.53. The molecule has 0 atom stereocenters. The quantitative estimate of drug-likeness (QED) is 0.726. The van der Waals surface area contributed by atoms with Crippen LogP contribution >= 0.6 is 0 Å². The number of hydrogen-bond donors (Lipinski definition) is 2. The molecular weight excluding hydrogens is 284 g/mol. The van der Waals surface area contributed by atoms with Gasteiger partial charge in [-0.1, -0.05) is 19.4 Å². The fourth-order valence-corrected chi connectivity index (χ4v) is 3.71. The molecule has 1 aliphatic rings. The first-order valence-corrected chi connectivity index (χ1v) is 9.25. The fourth-order valence-electron chi connectivity index (χ4n) is 2.36. The van der Waals surface area contributed by atoms with E-state index in [9.17, 15) is 8.42 Å². The summed E-state index contributed by atoms with van der Waals surface area (Å²) in [5.74, 6) is 0. The molecule has 1 aromatic carbocycles. The summed E-state index contributed by atoms with van der Waals surface area (Å²) in [6, 6.07) is 4.42. The van der Waals surface area contributed by atoms with E-state index in [0.717, 1.165) is 36.1 Å². The van der Waals surface area contributed by atoms with E-state index in [4.69, 9.17) is 0 Å². The van der Waals surface area contributed by atoms with Crippen LogP contribution in [0.3, 0.4) is 0 Å². The van der Waals surface area contributed by atoms with E-state index in [0.29, 0.717) is 17.5 Å². The summed E-state index contributed by atoms with van der Waals surface area (Å²) in [5, 5.41) is 3.45.